The molecule has 15 nitrogen and oxygen atoms in total. The number of nitrogens with one attached hydrogen (secondary N) is 4. The monoisotopic (exact) mass is 580 g/mol. The first-order valence-corrected chi connectivity index (χ1v) is 12.5. The van der Waals surface area contributed by atoms with Gasteiger partial charge >= 0.3 is 17.6 Å². The lowest BCUT2D eigenvalue weighted by atomic mass is 10.0. The van der Waals surface area contributed by atoms with E-state index in [0.29, 0.717) is 24.3 Å². The van der Waals surface area contributed by atoms with Crippen LogP contribution in [0.3, 0.4) is 0 Å². The Morgan fingerprint density at radius 2 is 1.93 bits per heavy atom. The number of amidine groups is 1. The number of nitrogens with zero attached hydrogens (tertiary/aromatic N) is 3. The summed E-state index contributed by atoms with van der Waals surface area (Å²) in [5.41, 5.74) is 5.41. The van der Waals surface area contributed by atoms with E-state index < -0.39 is 29.5 Å². The van der Waals surface area contributed by atoms with Crippen molar-refractivity contribution >= 4 is 23.5 Å². The Morgan fingerprint density at radius 1 is 1.21 bits per heavy atom. The van der Waals surface area contributed by atoms with Gasteiger partial charge in [0.1, 0.15) is 17.4 Å². The summed E-state index contributed by atoms with van der Waals surface area (Å²) >= 11 is 0. The van der Waals surface area contributed by atoms with Crippen LogP contribution in [-0.4, -0.2) is 63.1 Å². The summed E-state index contributed by atoms with van der Waals surface area (Å²) in [5, 5.41) is 21.3. The van der Waals surface area contributed by atoms with E-state index in [4.69, 9.17) is 25.4 Å². The number of halogens is 1. The van der Waals surface area contributed by atoms with Crippen molar-refractivity contribution in [3.63, 3.8) is 0 Å². The second-order valence-corrected chi connectivity index (χ2v) is 9.00. The molecule has 16 heteroatoms. The number of methoxy groups -OCH3 is 1. The molecule has 0 spiro atoms. The van der Waals surface area contributed by atoms with Crippen LogP contribution < -0.4 is 31.0 Å². The van der Waals surface area contributed by atoms with Crippen LogP contribution in [0.2, 0.25) is 0 Å². The van der Waals surface area contributed by atoms with Crippen molar-refractivity contribution in [1.82, 2.24) is 25.0 Å². The normalized spacial score (nSPS) is 13.1. The Morgan fingerprint density at radius 3 is 2.60 bits per heavy atom. The van der Waals surface area contributed by atoms with Crippen LogP contribution in [0.4, 0.5) is 10.1 Å². The van der Waals surface area contributed by atoms with Gasteiger partial charge in [-0.1, -0.05) is 0 Å². The van der Waals surface area contributed by atoms with Crippen LogP contribution in [0, 0.1) is 11.2 Å². The minimum Gasteiger partial charge on any atom is -0.493 e. The predicted molar refractivity (Wildman–Crippen MR) is 144 cm³/mol. The molecule has 0 saturated carbocycles. The van der Waals surface area contributed by atoms with Crippen LogP contribution in [0.1, 0.15) is 46.7 Å². The third-order valence-electron chi connectivity index (χ3n) is 6.18. The number of hydrogen-bond acceptors (Lipinski definition) is 11. The van der Waals surface area contributed by atoms with Crippen molar-refractivity contribution in [2.75, 3.05) is 25.6 Å². The van der Waals surface area contributed by atoms with Gasteiger partial charge in [0.25, 0.3) is 0 Å². The van der Waals surface area contributed by atoms with Gasteiger partial charge in [0.05, 0.1) is 26.5 Å². The van der Waals surface area contributed by atoms with Gasteiger partial charge in [0.15, 0.2) is 23.2 Å². The lowest BCUT2D eigenvalue weighted by molar-refractivity contribution is -0.135. The lowest BCUT2D eigenvalue weighted by Gasteiger charge is -2.22. The number of H-pyrrole nitrogens is 2. The van der Waals surface area contributed by atoms with Gasteiger partial charge in [-0.25, -0.2) is 14.0 Å². The highest BCUT2D eigenvalue weighted by Gasteiger charge is 2.31. The molecule has 1 aliphatic rings. The molecule has 0 radical (unpaired) electrons. The molecule has 218 valence electrons. The molecule has 0 saturated heterocycles. The molecule has 3 heterocycles. The highest BCUT2D eigenvalue weighted by molar-refractivity contribution is 5.98. The molecule has 2 aromatic heterocycles. The van der Waals surface area contributed by atoms with Crippen molar-refractivity contribution in [2.24, 2.45) is 5.73 Å². The second kappa shape index (κ2) is 11.4. The Kier molecular flexibility index (Phi) is 7.59. The minimum atomic E-state index is -1.16. The number of hydrogen-bond donors (Lipinski definition) is 5. The van der Waals surface area contributed by atoms with Crippen molar-refractivity contribution in [3.8, 4) is 23.1 Å². The van der Waals surface area contributed by atoms with Crippen molar-refractivity contribution in [3.05, 3.63) is 75.3 Å². The summed E-state index contributed by atoms with van der Waals surface area (Å²) in [6.45, 7) is 1.54. The number of carbonyl (C=O) groups excluding carboxylic acids is 2. The Labute approximate surface area is 236 Å². The Bertz CT molecular complexity index is 1730. The highest BCUT2D eigenvalue weighted by Crippen LogP contribution is 2.45. The topological polar surface area (TPSA) is 212 Å². The van der Waals surface area contributed by atoms with Gasteiger partial charge in [0.2, 0.25) is 11.5 Å². The molecule has 1 atom stereocenters. The van der Waals surface area contributed by atoms with Crippen LogP contribution in [0.25, 0.3) is 5.82 Å². The molecule has 0 amide bonds. The molecule has 5 rings (SSSR count). The predicted octanol–water partition coefficient (Wildman–Crippen LogP) is 1.78. The quantitative estimate of drug-likeness (QED) is 0.0877. The fourth-order valence-corrected chi connectivity index (χ4v) is 4.25. The van der Waals surface area contributed by atoms with Gasteiger partial charge in [-0.3, -0.25) is 20.3 Å². The van der Waals surface area contributed by atoms with Crippen LogP contribution >= 0.6 is 0 Å². The summed E-state index contributed by atoms with van der Waals surface area (Å²) in [7, 11) is 1.39. The van der Waals surface area contributed by atoms with E-state index in [0.717, 1.165) is 17.8 Å². The number of anilines is 1. The van der Waals surface area contributed by atoms with E-state index in [9.17, 15) is 14.4 Å². The zero-order valence-corrected chi connectivity index (χ0v) is 22.3. The standard InChI is InChI=1S/C26H25FN8O7/c1-12(36)42-25(37)16-11-30-33-24(16)35-26(38)32-23(34-35)19(31-14-6-4-13(5-7-14)22(28)29)15-10-17(39-2)20-21(18(15)27)41-9-3-8-40-20/h4-7,10-11,19,31H,3,8-9H2,1-2H3,(H3,28,29)(H,30,33)(H,32,34,38). The molecular weight excluding hydrogens is 555 g/mol. The third-order valence-corrected chi connectivity index (χ3v) is 6.18. The molecule has 6 N–H and O–H groups in total. The number of benzene rings is 2. The third kappa shape index (κ3) is 5.36. The van der Waals surface area contributed by atoms with Gasteiger partial charge < -0.3 is 30.0 Å². The zero-order chi connectivity index (χ0) is 30.0. The zero-order valence-electron chi connectivity index (χ0n) is 22.3. The molecule has 0 bridgehead atoms. The Balaban J connectivity index is 1.64. The number of ether oxygens (including phenoxy) is 4. The molecule has 2 aromatic carbocycles. The van der Waals surface area contributed by atoms with Gasteiger partial charge in [-0.15, -0.1) is 5.10 Å². The summed E-state index contributed by atoms with van der Waals surface area (Å²) in [5.74, 6) is -2.97. The van der Waals surface area contributed by atoms with E-state index in [2.05, 4.69) is 30.3 Å². The molecule has 1 unspecified atom stereocenters. The molecule has 0 aliphatic carbocycles. The van der Waals surface area contributed by atoms with Crippen LogP contribution in [0.15, 0.2) is 41.3 Å². The molecule has 42 heavy (non-hydrogen) atoms. The van der Waals surface area contributed by atoms with E-state index in [-0.39, 0.29) is 52.5 Å². The fourth-order valence-electron chi connectivity index (χ4n) is 4.25. The van der Waals surface area contributed by atoms with E-state index >= 15 is 4.39 Å². The average molecular weight is 581 g/mol. The number of esters is 2. The largest absolute Gasteiger partial charge is 0.493 e. The van der Waals surface area contributed by atoms with Crippen LogP contribution in [-0.2, 0) is 9.53 Å². The summed E-state index contributed by atoms with van der Waals surface area (Å²) in [6.07, 6.45) is 1.59. The number of fused-ring (bicyclic) bond motifs is 1. The highest BCUT2D eigenvalue weighted by atomic mass is 19.1. The van der Waals surface area contributed by atoms with Gasteiger partial charge in [-0.2, -0.15) is 9.78 Å². The van der Waals surface area contributed by atoms with Crippen molar-refractivity contribution in [1.29, 1.82) is 5.41 Å². The lowest BCUT2D eigenvalue weighted by Crippen LogP contribution is -2.20. The van der Waals surface area contributed by atoms with E-state index in [1.165, 1.54) is 13.2 Å². The fraction of sp³-hybridized carbons (Fsp3) is 0.231. The summed E-state index contributed by atoms with van der Waals surface area (Å²) in [4.78, 5) is 39.4. The smallest absolute Gasteiger partial charge is 0.351 e. The SMILES string of the molecule is COc1cc(C(Nc2ccc(C(=N)N)cc2)c2nn(-c3[nH]ncc3C(=O)OC(C)=O)c(=O)[nH]2)c(F)c2c1OCCCO2. The average Bonchev–Trinajstić information content (AvgIpc) is 3.51. The number of nitrogens with two attached hydrogens (primary N) is 1. The van der Waals surface area contributed by atoms with E-state index in [1.807, 2.05) is 0 Å². The second-order valence-electron chi connectivity index (χ2n) is 9.00. The first-order valence-electron chi connectivity index (χ1n) is 12.5. The first kappa shape index (κ1) is 27.9. The molecular formula is C26H25FN8O7. The Hall–Kier alpha value is -5.67. The number of aromatic amines is 2. The number of rotatable bonds is 8. The number of aromatic nitrogens is 5. The number of nitrogen functional groups attached to an aromatic ring is 1. The van der Waals surface area contributed by atoms with Gasteiger partial charge in [0, 0.05) is 30.2 Å². The van der Waals surface area contributed by atoms with Gasteiger partial charge in [-0.05, 0) is 30.3 Å². The van der Waals surface area contributed by atoms with Crippen molar-refractivity contribution < 1.29 is 32.9 Å². The summed E-state index contributed by atoms with van der Waals surface area (Å²) < 4.78 is 38.4. The van der Waals surface area contributed by atoms with Crippen LogP contribution in [0.5, 0.6) is 17.2 Å². The molecule has 0 fully saturated rings. The number of carbonyl (C=O) groups is 2. The molecule has 1 aliphatic heterocycles. The summed E-state index contributed by atoms with van der Waals surface area (Å²) in [6, 6.07) is 6.64. The maximum atomic E-state index is 16.2. The molecule has 4 aromatic rings. The minimum absolute atomic E-state index is 0.0199. The van der Waals surface area contributed by atoms with Crippen molar-refractivity contribution in [2.45, 2.75) is 19.4 Å². The van der Waals surface area contributed by atoms with E-state index in [1.54, 1.807) is 24.3 Å². The first-order chi connectivity index (χ1) is 20.2. The maximum Gasteiger partial charge on any atom is 0.351 e. The maximum absolute atomic E-state index is 16.2.